The number of hydrogen-bond acceptors (Lipinski definition) is 7. The molecule has 5 atom stereocenters. The SMILES string of the molecule is CCCN(CCC)CCc1c[nH]c2cc(OC3OC(CO)C(O)C(O)C3O)ccc12. The van der Waals surface area contributed by atoms with Crippen LogP contribution in [0.3, 0.4) is 0 Å². The molecule has 8 heteroatoms. The number of aliphatic hydroxyl groups is 4. The highest BCUT2D eigenvalue weighted by molar-refractivity contribution is 5.84. The van der Waals surface area contributed by atoms with Crippen LogP contribution in [-0.4, -0.2) is 87.3 Å². The van der Waals surface area contributed by atoms with Crippen LogP contribution in [0.15, 0.2) is 24.4 Å². The topological polar surface area (TPSA) is 118 Å². The smallest absolute Gasteiger partial charge is 0.229 e. The summed E-state index contributed by atoms with van der Waals surface area (Å²) in [4.78, 5) is 5.75. The van der Waals surface area contributed by atoms with E-state index in [0.717, 1.165) is 49.8 Å². The van der Waals surface area contributed by atoms with Crippen LogP contribution in [0.4, 0.5) is 0 Å². The third-order valence-corrected chi connectivity index (χ3v) is 5.62. The van der Waals surface area contributed by atoms with Crippen molar-refractivity contribution in [2.45, 2.75) is 63.8 Å². The number of nitrogens with one attached hydrogen (secondary N) is 1. The molecular formula is C22H34N2O6. The van der Waals surface area contributed by atoms with Crippen molar-refractivity contribution in [2.24, 2.45) is 0 Å². The van der Waals surface area contributed by atoms with Gasteiger partial charge in [0.25, 0.3) is 0 Å². The van der Waals surface area contributed by atoms with Crippen LogP contribution in [0.25, 0.3) is 10.9 Å². The normalized spacial score (nSPS) is 27.1. The van der Waals surface area contributed by atoms with Gasteiger partial charge in [-0.2, -0.15) is 0 Å². The summed E-state index contributed by atoms with van der Waals surface area (Å²) < 4.78 is 11.1. The van der Waals surface area contributed by atoms with Gasteiger partial charge in [0.2, 0.25) is 6.29 Å². The third-order valence-electron chi connectivity index (χ3n) is 5.62. The van der Waals surface area contributed by atoms with Gasteiger partial charge in [-0.05, 0) is 50.0 Å². The van der Waals surface area contributed by atoms with Gasteiger partial charge in [0, 0.05) is 29.7 Å². The molecule has 5 unspecified atom stereocenters. The largest absolute Gasteiger partial charge is 0.462 e. The van der Waals surface area contributed by atoms with E-state index in [2.05, 4.69) is 23.7 Å². The maximum absolute atomic E-state index is 10.2. The average Bonchev–Trinajstić information content (AvgIpc) is 3.15. The van der Waals surface area contributed by atoms with Gasteiger partial charge in [-0.3, -0.25) is 0 Å². The van der Waals surface area contributed by atoms with Gasteiger partial charge in [-0.25, -0.2) is 0 Å². The van der Waals surface area contributed by atoms with Gasteiger partial charge in [-0.1, -0.05) is 13.8 Å². The van der Waals surface area contributed by atoms with E-state index in [9.17, 15) is 20.4 Å². The number of H-pyrrole nitrogens is 1. The van der Waals surface area contributed by atoms with E-state index < -0.39 is 37.3 Å². The van der Waals surface area contributed by atoms with Crippen molar-refractivity contribution in [3.8, 4) is 5.75 Å². The Morgan fingerprint density at radius 3 is 2.43 bits per heavy atom. The van der Waals surface area contributed by atoms with Crippen molar-refractivity contribution in [3.63, 3.8) is 0 Å². The fourth-order valence-electron chi connectivity index (χ4n) is 3.99. The van der Waals surface area contributed by atoms with Crippen molar-refractivity contribution < 1.29 is 29.9 Å². The van der Waals surface area contributed by atoms with Gasteiger partial charge in [0.1, 0.15) is 30.2 Å². The predicted molar refractivity (Wildman–Crippen MR) is 113 cm³/mol. The molecule has 168 valence electrons. The standard InChI is InChI=1S/C22H34N2O6/c1-3-8-24(9-4-2)10-7-14-12-23-17-11-15(5-6-16(14)17)29-22-21(28)20(27)19(26)18(13-25)30-22/h5-6,11-12,18-23,25-28H,3-4,7-10,13H2,1-2H3. The van der Waals surface area contributed by atoms with Gasteiger partial charge in [-0.15, -0.1) is 0 Å². The highest BCUT2D eigenvalue weighted by Crippen LogP contribution is 2.28. The number of hydrogen-bond donors (Lipinski definition) is 5. The number of aromatic amines is 1. The fourth-order valence-corrected chi connectivity index (χ4v) is 3.99. The average molecular weight is 423 g/mol. The molecule has 1 fully saturated rings. The summed E-state index contributed by atoms with van der Waals surface area (Å²) in [6.45, 7) is 7.13. The molecule has 0 spiro atoms. The minimum absolute atomic E-state index is 0.457. The van der Waals surface area contributed by atoms with Crippen LogP contribution >= 0.6 is 0 Å². The van der Waals surface area contributed by atoms with E-state index in [1.54, 1.807) is 6.07 Å². The number of nitrogens with zero attached hydrogens (tertiary/aromatic N) is 1. The molecule has 0 bridgehead atoms. The first-order valence-electron chi connectivity index (χ1n) is 10.8. The highest BCUT2D eigenvalue weighted by Gasteiger charge is 2.44. The van der Waals surface area contributed by atoms with Crippen molar-refractivity contribution in [1.29, 1.82) is 0 Å². The fraction of sp³-hybridized carbons (Fsp3) is 0.636. The van der Waals surface area contributed by atoms with Gasteiger partial charge >= 0.3 is 0 Å². The van der Waals surface area contributed by atoms with E-state index >= 15 is 0 Å². The molecule has 0 amide bonds. The number of rotatable bonds is 10. The molecule has 1 aromatic heterocycles. The Balaban J connectivity index is 1.68. The molecule has 2 heterocycles. The lowest BCUT2D eigenvalue weighted by Gasteiger charge is -2.39. The Labute approximate surface area is 177 Å². The Bertz CT molecular complexity index is 789. The van der Waals surface area contributed by atoms with E-state index in [-0.39, 0.29) is 0 Å². The molecule has 5 N–H and O–H groups in total. The second-order valence-corrected chi connectivity index (χ2v) is 7.93. The van der Waals surface area contributed by atoms with Crippen molar-refractivity contribution >= 4 is 10.9 Å². The van der Waals surface area contributed by atoms with E-state index in [1.165, 1.54) is 5.56 Å². The van der Waals surface area contributed by atoms with Crippen molar-refractivity contribution in [1.82, 2.24) is 9.88 Å². The van der Waals surface area contributed by atoms with Crippen molar-refractivity contribution in [2.75, 3.05) is 26.2 Å². The van der Waals surface area contributed by atoms with Crippen molar-refractivity contribution in [3.05, 3.63) is 30.0 Å². The first-order valence-corrected chi connectivity index (χ1v) is 10.8. The van der Waals surface area contributed by atoms with Crippen LogP contribution in [0.2, 0.25) is 0 Å². The minimum atomic E-state index is -1.46. The quantitative estimate of drug-likeness (QED) is 0.388. The summed E-state index contributed by atoms with van der Waals surface area (Å²) in [5, 5.41) is 40.4. The lowest BCUT2D eigenvalue weighted by molar-refractivity contribution is -0.277. The van der Waals surface area contributed by atoms with Gasteiger partial charge in [0.15, 0.2) is 0 Å². The molecular weight excluding hydrogens is 388 g/mol. The Hall–Kier alpha value is -1.68. The molecule has 1 aromatic carbocycles. The molecule has 1 aliphatic rings. The zero-order valence-electron chi connectivity index (χ0n) is 17.7. The molecule has 0 saturated carbocycles. The molecule has 0 radical (unpaired) electrons. The minimum Gasteiger partial charge on any atom is -0.462 e. The number of ether oxygens (including phenoxy) is 2. The van der Waals surface area contributed by atoms with Gasteiger partial charge < -0.3 is 39.8 Å². The first kappa shape index (κ1) is 23.0. The van der Waals surface area contributed by atoms with Crippen LogP contribution < -0.4 is 4.74 Å². The zero-order valence-corrected chi connectivity index (χ0v) is 17.7. The number of fused-ring (bicyclic) bond motifs is 1. The Kier molecular flexibility index (Phi) is 8.10. The van der Waals surface area contributed by atoms with Crippen LogP contribution in [0.5, 0.6) is 5.75 Å². The maximum atomic E-state index is 10.2. The molecule has 30 heavy (non-hydrogen) atoms. The lowest BCUT2D eigenvalue weighted by atomic mass is 9.99. The molecule has 1 saturated heterocycles. The Morgan fingerprint density at radius 2 is 1.77 bits per heavy atom. The maximum Gasteiger partial charge on any atom is 0.229 e. The summed E-state index contributed by atoms with van der Waals surface area (Å²) in [5.74, 6) is 0.457. The lowest BCUT2D eigenvalue weighted by Crippen LogP contribution is -2.60. The number of benzene rings is 1. The summed E-state index contributed by atoms with van der Waals surface area (Å²) in [6, 6.07) is 5.57. The van der Waals surface area contributed by atoms with Crippen LogP contribution in [0, 0.1) is 0 Å². The number of aromatic nitrogens is 1. The predicted octanol–water partition coefficient (Wildman–Crippen LogP) is 1.01. The molecule has 1 aliphatic heterocycles. The van der Waals surface area contributed by atoms with E-state index in [1.807, 2.05) is 18.3 Å². The van der Waals surface area contributed by atoms with E-state index in [4.69, 9.17) is 9.47 Å². The highest BCUT2D eigenvalue weighted by atomic mass is 16.7. The summed E-state index contributed by atoms with van der Waals surface area (Å²) in [7, 11) is 0. The summed E-state index contributed by atoms with van der Waals surface area (Å²) >= 11 is 0. The second-order valence-electron chi connectivity index (χ2n) is 7.93. The van der Waals surface area contributed by atoms with Gasteiger partial charge in [0.05, 0.1) is 6.61 Å². The molecule has 8 nitrogen and oxygen atoms in total. The van der Waals surface area contributed by atoms with E-state index in [0.29, 0.717) is 5.75 Å². The van der Waals surface area contributed by atoms with Crippen LogP contribution in [0.1, 0.15) is 32.3 Å². The first-order chi connectivity index (χ1) is 14.5. The molecule has 0 aliphatic carbocycles. The summed E-state index contributed by atoms with van der Waals surface area (Å²) in [5.41, 5.74) is 2.14. The van der Waals surface area contributed by atoms with Crippen LogP contribution in [-0.2, 0) is 11.2 Å². The molecule has 3 rings (SSSR count). The second kappa shape index (κ2) is 10.6. The number of aliphatic hydroxyl groups excluding tert-OH is 4. The Morgan fingerprint density at radius 1 is 1.03 bits per heavy atom. The summed E-state index contributed by atoms with van der Waals surface area (Å²) in [6.07, 6.45) is -1.23. The third kappa shape index (κ3) is 5.14. The monoisotopic (exact) mass is 422 g/mol. The molecule has 2 aromatic rings. The zero-order chi connectivity index (χ0) is 21.7.